The van der Waals surface area contributed by atoms with Gasteiger partial charge in [-0.3, -0.25) is 0 Å². The quantitative estimate of drug-likeness (QED) is 0.462. The van der Waals surface area contributed by atoms with Gasteiger partial charge in [0.15, 0.2) is 8.32 Å². The predicted molar refractivity (Wildman–Crippen MR) is 83.5 cm³/mol. The molecule has 106 valence electrons. The minimum Gasteiger partial charge on any atom is -0.414 e. The topological polar surface area (TPSA) is 9.23 Å². The number of rotatable bonds is 2. The van der Waals surface area contributed by atoms with Gasteiger partial charge in [-0.25, -0.2) is 0 Å². The van der Waals surface area contributed by atoms with Crippen molar-refractivity contribution in [3.05, 3.63) is 12.2 Å². The molecule has 0 bridgehead atoms. The molecule has 0 aromatic rings. The highest BCUT2D eigenvalue weighted by atomic mass is 28.4. The van der Waals surface area contributed by atoms with E-state index in [1.165, 1.54) is 44.9 Å². The molecule has 0 saturated heterocycles. The fourth-order valence-electron chi connectivity index (χ4n) is 2.19. The molecule has 0 radical (unpaired) electrons. The second-order valence-electron chi connectivity index (χ2n) is 7.19. The molecule has 0 heterocycles. The molecule has 1 nitrogen and oxygen atoms in total. The Hall–Kier alpha value is -0.0831. The van der Waals surface area contributed by atoms with E-state index in [0.717, 1.165) is 0 Å². The highest BCUT2D eigenvalue weighted by Gasteiger charge is 2.38. The third-order valence-electron chi connectivity index (χ3n) is 4.48. The standard InChI is InChI=1S/C16H32OSi/c1-16(2,3)18(4,5)17-15-13-11-9-7-6-8-10-12-14-15/h6-7,15H,8-14H2,1-5H3/b7-6-. The normalized spacial score (nSPS) is 25.7. The maximum atomic E-state index is 6.59. The Labute approximate surface area is 115 Å². The first kappa shape index (κ1) is 16.0. The first-order valence-electron chi connectivity index (χ1n) is 7.66. The summed E-state index contributed by atoms with van der Waals surface area (Å²) in [5, 5.41) is 0.336. The van der Waals surface area contributed by atoms with Crippen LogP contribution in [0.2, 0.25) is 18.1 Å². The lowest BCUT2D eigenvalue weighted by molar-refractivity contribution is 0.155. The average Bonchev–Trinajstić information content (AvgIpc) is 2.25. The van der Waals surface area contributed by atoms with E-state index in [2.05, 4.69) is 46.0 Å². The Balaban J connectivity index is 2.55. The molecule has 1 rings (SSSR count). The van der Waals surface area contributed by atoms with Gasteiger partial charge < -0.3 is 4.43 Å². The number of hydrogen-bond donors (Lipinski definition) is 0. The van der Waals surface area contributed by atoms with E-state index in [1.54, 1.807) is 0 Å². The van der Waals surface area contributed by atoms with Crippen LogP contribution in [0, 0.1) is 0 Å². The van der Waals surface area contributed by atoms with Gasteiger partial charge in [0, 0.05) is 6.10 Å². The molecule has 1 aliphatic rings. The van der Waals surface area contributed by atoms with Gasteiger partial charge in [0.2, 0.25) is 0 Å². The molecular weight excluding hydrogens is 236 g/mol. The summed E-state index contributed by atoms with van der Waals surface area (Å²) in [7, 11) is -1.58. The van der Waals surface area contributed by atoms with Gasteiger partial charge in [-0.1, -0.05) is 39.3 Å². The van der Waals surface area contributed by atoms with E-state index in [1.807, 2.05) is 0 Å². The molecule has 0 aromatic heterocycles. The minimum absolute atomic E-state index is 0.336. The van der Waals surface area contributed by atoms with E-state index >= 15 is 0 Å². The van der Waals surface area contributed by atoms with Crippen molar-refractivity contribution in [1.29, 1.82) is 0 Å². The molecule has 0 spiro atoms. The summed E-state index contributed by atoms with van der Waals surface area (Å²) < 4.78 is 6.59. The largest absolute Gasteiger partial charge is 0.414 e. The van der Waals surface area contributed by atoms with Crippen LogP contribution in [0.15, 0.2) is 12.2 Å². The van der Waals surface area contributed by atoms with Crippen LogP contribution in [-0.2, 0) is 4.43 Å². The Bertz CT molecular complexity index is 263. The van der Waals surface area contributed by atoms with E-state index in [-0.39, 0.29) is 0 Å². The van der Waals surface area contributed by atoms with Gasteiger partial charge >= 0.3 is 0 Å². The fraction of sp³-hybridized carbons (Fsp3) is 0.875. The smallest absolute Gasteiger partial charge is 0.192 e. The molecule has 0 amide bonds. The SMILES string of the molecule is CC(C)(C)[Si](C)(C)OC1CCC/C=C\CCCC1. The van der Waals surface area contributed by atoms with Crippen molar-refractivity contribution in [2.45, 2.75) is 90.0 Å². The van der Waals surface area contributed by atoms with Gasteiger partial charge in [0.1, 0.15) is 0 Å². The van der Waals surface area contributed by atoms with E-state index in [4.69, 9.17) is 4.43 Å². The molecule has 0 N–H and O–H groups in total. The zero-order valence-electron chi connectivity index (χ0n) is 13.1. The summed E-state index contributed by atoms with van der Waals surface area (Å²) in [6.45, 7) is 11.8. The third-order valence-corrected chi connectivity index (χ3v) is 9.01. The van der Waals surface area contributed by atoms with Crippen LogP contribution < -0.4 is 0 Å². The van der Waals surface area contributed by atoms with Crippen LogP contribution in [-0.4, -0.2) is 14.4 Å². The second kappa shape index (κ2) is 6.90. The third kappa shape index (κ3) is 5.27. The summed E-state index contributed by atoms with van der Waals surface area (Å²) in [6, 6.07) is 0. The van der Waals surface area contributed by atoms with Crippen molar-refractivity contribution in [2.75, 3.05) is 0 Å². The highest BCUT2D eigenvalue weighted by molar-refractivity contribution is 6.74. The lowest BCUT2D eigenvalue weighted by atomic mass is 10.0. The Morgan fingerprint density at radius 3 is 2.11 bits per heavy atom. The summed E-state index contributed by atoms with van der Waals surface area (Å²) in [4.78, 5) is 0. The molecular formula is C16H32OSi. The molecule has 1 unspecified atom stereocenters. The molecule has 2 heteroatoms. The van der Waals surface area contributed by atoms with Gasteiger partial charge in [0.05, 0.1) is 0 Å². The van der Waals surface area contributed by atoms with Crippen molar-refractivity contribution >= 4 is 8.32 Å². The lowest BCUT2D eigenvalue weighted by Gasteiger charge is -2.39. The van der Waals surface area contributed by atoms with Crippen molar-refractivity contribution in [3.63, 3.8) is 0 Å². The maximum absolute atomic E-state index is 6.59. The summed E-state index contributed by atoms with van der Waals surface area (Å²) >= 11 is 0. The zero-order valence-corrected chi connectivity index (χ0v) is 14.1. The van der Waals surface area contributed by atoms with Gasteiger partial charge in [-0.2, -0.15) is 0 Å². The Morgan fingerprint density at radius 2 is 1.50 bits per heavy atom. The summed E-state index contributed by atoms with van der Waals surface area (Å²) in [5.74, 6) is 0. The van der Waals surface area contributed by atoms with Crippen LogP contribution in [0.3, 0.4) is 0 Å². The summed E-state index contributed by atoms with van der Waals surface area (Å²) in [6.07, 6.45) is 14.2. The molecule has 0 aliphatic heterocycles. The van der Waals surface area contributed by atoms with Crippen molar-refractivity contribution in [1.82, 2.24) is 0 Å². The van der Waals surface area contributed by atoms with Crippen LogP contribution in [0.5, 0.6) is 0 Å². The van der Waals surface area contributed by atoms with Gasteiger partial charge in [-0.05, 0) is 56.7 Å². The molecule has 18 heavy (non-hydrogen) atoms. The lowest BCUT2D eigenvalue weighted by Crippen LogP contribution is -2.44. The first-order valence-corrected chi connectivity index (χ1v) is 10.6. The predicted octanol–water partition coefficient (Wildman–Crippen LogP) is 5.68. The molecule has 1 aliphatic carbocycles. The number of hydrogen-bond acceptors (Lipinski definition) is 1. The number of allylic oxidation sites excluding steroid dienone is 2. The highest BCUT2D eigenvalue weighted by Crippen LogP contribution is 2.38. The van der Waals surface area contributed by atoms with Crippen LogP contribution in [0.25, 0.3) is 0 Å². The van der Waals surface area contributed by atoms with Crippen LogP contribution in [0.4, 0.5) is 0 Å². The van der Waals surface area contributed by atoms with E-state index in [9.17, 15) is 0 Å². The van der Waals surface area contributed by atoms with Gasteiger partial charge in [0.25, 0.3) is 0 Å². The summed E-state index contributed by atoms with van der Waals surface area (Å²) in [5.41, 5.74) is 0. The van der Waals surface area contributed by atoms with Crippen molar-refractivity contribution < 1.29 is 4.43 Å². The average molecular weight is 269 g/mol. The van der Waals surface area contributed by atoms with E-state index in [0.29, 0.717) is 11.1 Å². The molecule has 0 aromatic carbocycles. The maximum Gasteiger partial charge on any atom is 0.192 e. The zero-order chi connectivity index (χ0) is 13.6. The minimum atomic E-state index is -1.58. The Morgan fingerprint density at radius 1 is 0.944 bits per heavy atom. The Kier molecular flexibility index (Phi) is 6.13. The van der Waals surface area contributed by atoms with Crippen LogP contribution in [0.1, 0.15) is 65.7 Å². The van der Waals surface area contributed by atoms with Crippen molar-refractivity contribution in [3.8, 4) is 0 Å². The molecule has 0 fully saturated rings. The fourth-order valence-corrected chi connectivity index (χ4v) is 3.61. The van der Waals surface area contributed by atoms with E-state index < -0.39 is 8.32 Å². The van der Waals surface area contributed by atoms with Gasteiger partial charge in [-0.15, -0.1) is 0 Å². The monoisotopic (exact) mass is 268 g/mol. The molecule has 1 atom stereocenters. The van der Waals surface area contributed by atoms with Crippen molar-refractivity contribution in [2.24, 2.45) is 0 Å². The van der Waals surface area contributed by atoms with Crippen LogP contribution >= 0.6 is 0 Å². The second-order valence-corrected chi connectivity index (χ2v) is 11.9. The molecule has 0 saturated carbocycles. The first-order chi connectivity index (χ1) is 8.33.